The van der Waals surface area contributed by atoms with E-state index in [9.17, 15) is 4.79 Å². The first-order valence-electron chi connectivity index (χ1n) is 13.9. The van der Waals surface area contributed by atoms with Gasteiger partial charge in [-0.1, -0.05) is 91.0 Å². The van der Waals surface area contributed by atoms with Crippen molar-refractivity contribution >= 4 is 17.7 Å². The van der Waals surface area contributed by atoms with E-state index in [2.05, 4.69) is 107 Å². The Hall–Kier alpha value is -3.95. The number of aromatic nitrogens is 4. The Morgan fingerprint density at radius 2 is 1.46 bits per heavy atom. The van der Waals surface area contributed by atoms with Gasteiger partial charge in [-0.05, 0) is 54.0 Å². The number of β-lactam (4-membered cyclic amide) rings is 1. The van der Waals surface area contributed by atoms with E-state index in [4.69, 9.17) is 4.74 Å². The summed E-state index contributed by atoms with van der Waals surface area (Å²) in [5.74, 6) is 0.679. The molecule has 7 rings (SSSR count). The summed E-state index contributed by atoms with van der Waals surface area (Å²) in [4.78, 5) is 16.2. The Morgan fingerprint density at radius 3 is 1.98 bits per heavy atom. The smallest absolute Gasteiger partial charge is 0.244 e. The molecule has 0 bridgehead atoms. The highest BCUT2D eigenvalue weighted by molar-refractivity contribution is 8.01. The second-order valence-electron chi connectivity index (χ2n) is 11.5. The highest BCUT2D eigenvalue weighted by atomic mass is 32.2. The fourth-order valence-corrected chi connectivity index (χ4v) is 8.19. The van der Waals surface area contributed by atoms with E-state index in [1.54, 1.807) is 22.7 Å². The highest BCUT2D eigenvalue weighted by Gasteiger charge is 2.64. The molecule has 4 aromatic rings. The normalized spacial score (nSPS) is 26.5. The quantitative estimate of drug-likeness (QED) is 0.251. The number of tetrazole rings is 1. The second-order valence-corrected chi connectivity index (χ2v) is 13.3. The molecular formula is C32H32N6O2S. The zero-order valence-corrected chi connectivity index (χ0v) is 24.0. The number of carbonyl (C=O) groups is 1. The van der Waals surface area contributed by atoms with Crippen molar-refractivity contribution in [2.45, 2.75) is 60.7 Å². The number of fused-ring (bicyclic) bond motifs is 1. The zero-order valence-electron chi connectivity index (χ0n) is 23.2. The van der Waals surface area contributed by atoms with Crippen LogP contribution in [-0.2, 0) is 20.8 Å². The summed E-state index contributed by atoms with van der Waals surface area (Å²) in [5.41, 5.74) is 1.77. The molecule has 8 nitrogen and oxygen atoms in total. The van der Waals surface area contributed by atoms with Gasteiger partial charge in [-0.3, -0.25) is 10.1 Å². The molecule has 1 amide bonds. The predicted molar refractivity (Wildman–Crippen MR) is 157 cm³/mol. The number of amides is 1. The molecule has 3 aliphatic heterocycles. The van der Waals surface area contributed by atoms with Gasteiger partial charge in [0.05, 0.1) is 11.8 Å². The maximum atomic E-state index is 14.2. The van der Waals surface area contributed by atoms with Crippen LogP contribution in [0.4, 0.5) is 0 Å². The van der Waals surface area contributed by atoms with Crippen LogP contribution >= 0.6 is 11.8 Å². The van der Waals surface area contributed by atoms with E-state index in [1.165, 1.54) is 0 Å². The van der Waals surface area contributed by atoms with E-state index in [0.29, 0.717) is 12.2 Å². The van der Waals surface area contributed by atoms with Crippen LogP contribution in [0.25, 0.3) is 0 Å². The SMILES string of the molecule is CC1(C)S[C@@H]2C(NC(c3ccccc3)(c3ccccc3)c3ccccc3)C(=O)N2C1c1nnnn1C1(C)CC=CO1. The van der Waals surface area contributed by atoms with Crippen molar-refractivity contribution in [2.24, 2.45) is 0 Å². The molecule has 0 aliphatic carbocycles. The van der Waals surface area contributed by atoms with Crippen molar-refractivity contribution in [3.05, 3.63) is 126 Å². The Labute approximate surface area is 243 Å². The topological polar surface area (TPSA) is 85.2 Å². The first kappa shape index (κ1) is 26.0. The third-order valence-corrected chi connectivity index (χ3v) is 10.1. The van der Waals surface area contributed by atoms with Gasteiger partial charge in [0.25, 0.3) is 0 Å². The summed E-state index contributed by atoms with van der Waals surface area (Å²) < 4.78 is 7.33. The zero-order chi connectivity index (χ0) is 28.2. The summed E-state index contributed by atoms with van der Waals surface area (Å²) in [5, 5.41) is 16.6. The lowest BCUT2D eigenvalue weighted by molar-refractivity contribution is -0.150. The fourth-order valence-electron chi connectivity index (χ4n) is 6.56. The molecule has 0 radical (unpaired) electrons. The van der Waals surface area contributed by atoms with Gasteiger partial charge < -0.3 is 9.64 Å². The summed E-state index contributed by atoms with van der Waals surface area (Å²) in [6.07, 6.45) is 4.31. The van der Waals surface area contributed by atoms with E-state index in [-0.39, 0.29) is 22.1 Å². The molecule has 0 saturated carbocycles. The highest BCUT2D eigenvalue weighted by Crippen LogP contribution is 2.58. The molecule has 0 spiro atoms. The van der Waals surface area contributed by atoms with Gasteiger partial charge in [0.2, 0.25) is 11.6 Å². The van der Waals surface area contributed by atoms with E-state index < -0.39 is 17.3 Å². The molecule has 4 atom stereocenters. The number of rotatable bonds is 7. The Balaban J connectivity index is 1.30. The van der Waals surface area contributed by atoms with Crippen LogP contribution in [-0.4, -0.2) is 47.2 Å². The maximum absolute atomic E-state index is 14.2. The minimum absolute atomic E-state index is 0.0374. The summed E-state index contributed by atoms with van der Waals surface area (Å²) in [6, 6.07) is 30.4. The Kier molecular flexibility index (Phi) is 6.06. The molecule has 208 valence electrons. The van der Waals surface area contributed by atoms with Crippen molar-refractivity contribution in [3.63, 3.8) is 0 Å². The molecule has 2 fully saturated rings. The molecule has 3 aromatic carbocycles. The molecule has 4 heterocycles. The first-order valence-corrected chi connectivity index (χ1v) is 14.8. The lowest BCUT2D eigenvalue weighted by atomic mass is 9.76. The predicted octanol–water partition coefficient (Wildman–Crippen LogP) is 4.96. The van der Waals surface area contributed by atoms with Crippen LogP contribution < -0.4 is 5.32 Å². The number of nitrogens with zero attached hydrogens (tertiary/aromatic N) is 5. The summed E-state index contributed by atoms with van der Waals surface area (Å²) in [7, 11) is 0. The third-order valence-electron chi connectivity index (χ3n) is 8.53. The van der Waals surface area contributed by atoms with Crippen LogP contribution in [0, 0.1) is 0 Å². The summed E-state index contributed by atoms with van der Waals surface area (Å²) >= 11 is 1.79. The van der Waals surface area contributed by atoms with Gasteiger partial charge in [0, 0.05) is 11.2 Å². The number of nitrogens with one attached hydrogen (secondary N) is 1. The van der Waals surface area contributed by atoms with Gasteiger partial charge in [-0.2, -0.15) is 4.68 Å². The number of carbonyl (C=O) groups excluding carboxylic acids is 1. The Bertz CT molecular complexity index is 1490. The second kappa shape index (κ2) is 9.56. The van der Waals surface area contributed by atoms with Crippen molar-refractivity contribution in [1.29, 1.82) is 0 Å². The van der Waals surface area contributed by atoms with Gasteiger partial charge in [0.15, 0.2) is 5.82 Å². The van der Waals surface area contributed by atoms with E-state index >= 15 is 0 Å². The average molecular weight is 565 g/mol. The Morgan fingerprint density at radius 1 is 0.902 bits per heavy atom. The minimum atomic E-state index is -0.739. The standard InChI is InChI=1S/C32H32N6O2S/c1-30(2)26(27-34-35-36-38(27)31(3)20-13-21-40-31)37-28(39)25(29(37)41-30)33-32(22-14-7-4-8-15-22,23-16-9-5-10-17-23)24-18-11-6-12-19-24/h4-19,21,25-26,29,33H,20H2,1-3H3/t25?,26?,29-,31?/m1/s1. The fraction of sp³-hybridized carbons (Fsp3) is 0.312. The largest absolute Gasteiger partial charge is 0.474 e. The van der Waals surface area contributed by atoms with E-state index in [1.807, 2.05) is 36.1 Å². The van der Waals surface area contributed by atoms with Crippen LogP contribution in [0.1, 0.15) is 55.7 Å². The lowest BCUT2D eigenvalue weighted by Gasteiger charge is -2.49. The average Bonchev–Trinajstić information content (AvgIpc) is 3.72. The molecular weight excluding hydrogens is 532 g/mol. The van der Waals surface area contributed by atoms with Crippen molar-refractivity contribution in [3.8, 4) is 0 Å². The summed E-state index contributed by atoms with van der Waals surface area (Å²) in [6.45, 7) is 6.30. The molecule has 9 heteroatoms. The number of benzene rings is 3. The molecule has 1 aromatic heterocycles. The lowest BCUT2D eigenvalue weighted by Crippen LogP contribution is -2.70. The van der Waals surface area contributed by atoms with Crippen LogP contribution in [0.3, 0.4) is 0 Å². The van der Waals surface area contributed by atoms with Crippen LogP contribution in [0.15, 0.2) is 103 Å². The third kappa shape index (κ3) is 3.94. The number of hydrogen-bond donors (Lipinski definition) is 1. The van der Waals surface area contributed by atoms with Crippen molar-refractivity contribution in [2.75, 3.05) is 0 Å². The maximum Gasteiger partial charge on any atom is 0.244 e. The van der Waals surface area contributed by atoms with Crippen molar-refractivity contribution < 1.29 is 9.53 Å². The van der Waals surface area contributed by atoms with Gasteiger partial charge in [-0.25, -0.2) is 0 Å². The molecule has 41 heavy (non-hydrogen) atoms. The minimum Gasteiger partial charge on any atom is -0.474 e. The van der Waals surface area contributed by atoms with Gasteiger partial charge in [-0.15, -0.1) is 16.9 Å². The number of hydrogen-bond acceptors (Lipinski definition) is 7. The van der Waals surface area contributed by atoms with Crippen LogP contribution in [0.2, 0.25) is 0 Å². The van der Waals surface area contributed by atoms with E-state index in [0.717, 1.165) is 16.7 Å². The molecule has 2 saturated heterocycles. The van der Waals surface area contributed by atoms with Gasteiger partial charge >= 0.3 is 0 Å². The number of ether oxygens (including phenoxy) is 1. The van der Waals surface area contributed by atoms with Crippen molar-refractivity contribution in [1.82, 2.24) is 30.4 Å². The molecule has 1 N–H and O–H groups in total. The van der Waals surface area contributed by atoms with Crippen LogP contribution in [0.5, 0.6) is 0 Å². The van der Waals surface area contributed by atoms with Gasteiger partial charge in [0.1, 0.15) is 17.5 Å². The first-order chi connectivity index (χ1) is 19.9. The monoisotopic (exact) mass is 564 g/mol. The number of thioether (sulfide) groups is 1. The molecule has 3 unspecified atom stereocenters. The molecule has 3 aliphatic rings.